The zero-order valence-corrected chi connectivity index (χ0v) is 15.8. The monoisotopic (exact) mass is 376 g/mol. The van der Waals surface area contributed by atoms with E-state index in [9.17, 15) is 10.1 Å². The molecule has 7 heteroatoms. The first kappa shape index (κ1) is 18.9. The minimum absolute atomic E-state index is 0.148. The van der Waals surface area contributed by atoms with E-state index >= 15 is 0 Å². The Morgan fingerprint density at radius 2 is 2.23 bits per heavy atom. The lowest BCUT2D eigenvalue weighted by molar-refractivity contribution is 0.143. The van der Waals surface area contributed by atoms with E-state index in [1.165, 1.54) is 0 Å². The van der Waals surface area contributed by atoms with Crippen LogP contribution in [0.1, 0.15) is 44.7 Å². The van der Waals surface area contributed by atoms with E-state index in [-0.39, 0.29) is 12.1 Å². The molecule has 0 radical (unpaired) electrons. The molecular weight excluding hydrogens is 352 g/mol. The number of nitrogens with one attached hydrogen (secondary N) is 1. The van der Waals surface area contributed by atoms with Crippen molar-refractivity contribution in [3.05, 3.63) is 29.0 Å². The van der Waals surface area contributed by atoms with Gasteiger partial charge in [-0.3, -0.25) is 9.88 Å². The van der Waals surface area contributed by atoms with E-state index in [0.29, 0.717) is 17.7 Å². The highest BCUT2D eigenvalue weighted by atomic mass is 35.5. The average Bonchev–Trinajstić information content (AvgIpc) is 3.11. The summed E-state index contributed by atoms with van der Waals surface area (Å²) in [5, 5.41) is 13.3. The quantitative estimate of drug-likeness (QED) is 0.872. The number of nitriles is 1. The zero-order chi connectivity index (χ0) is 18.6. The summed E-state index contributed by atoms with van der Waals surface area (Å²) < 4.78 is 4.96. The molecule has 2 heterocycles. The fourth-order valence-electron chi connectivity index (χ4n) is 4.12. The summed E-state index contributed by atoms with van der Waals surface area (Å²) in [6, 6.07) is 6.80. The van der Waals surface area contributed by atoms with Crippen LogP contribution in [-0.4, -0.2) is 47.8 Å². The number of alkyl carbamates (subject to hydrolysis) is 1. The third kappa shape index (κ3) is 4.11. The van der Waals surface area contributed by atoms with Gasteiger partial charge in [-0.15, -0.1) is 0 Å². The van der Waals surface area contributed by atoms with Crippen LogP contribution in [0, 0.1) is 11.3 Å². The summed E-state index contributed by atoms with van der Waals surface area (Å²) in [6.07, 6.45) is 5.75. The van der Waals surface area contributed by atoms with Crippen LogP contribution in [-0.2, 0) is 10.2 Å². The van der Waals surface area contributed by atoms with Crippen molar-refractivity contribution in [1.82, 2.24) is 15.2 Å². The molecule has 2 aliphatic rings. The van der Waals surface area contributed by atoms with E-state index in [0.717, 1.165) is 50.9 Å². The van der Waals surface area contributed by atoms with Crippen molar-refractivity contribution in [2.45, 2.75) is 56.5 Å². The number of carbonyl (C=O) groups is 1. The second-order valence-corrected chi connectivity index (χ2v) is 7.57. The van der Waals surface area contributed by atoms with Crippen molar-refractivity contribution in [3.63, 3.8) is 0 Å². The molecule has 0 bridgehead atoms. The minimum atomic E-state index is -0.511. The molecule has 0 spiro atoms. The third-order valence-electron chi connectivity index (χ3n) is 5.57. The van der Waals surface area contributed by atoms with Crippen LogP contribution in [0.3, 0.4) is 0 Å². The SMILES string of the molecule is CCOC(=O)N[C@H]1CCN(C2CCC(C#N)(c3ccc(Cl)cn3)CC2)C1. The number of carbonyl (C=O) groups excluding carboxylic acids is 1. The van der Waals surface area contributed by atoms with Gasteiger partial charge in [-0.2, -0.15) is 5.26 Å². The topological polar surface area (TPSA) is 78.2 Å². The first-order valence-electron chi connectivity index (χ1n) is 9.27. The second-order valence-electron chi connectivity index (χ2n) is 7.13. The Hall–Kier alpha value is -1.84. The lowest BCUT2D eigenvalue weighted by Gasteiger charge is -2.38. The molecule has 1 aromatic heterocycles. The van der Waals surface area contributed by atoms with Gasteiger partial charge in [0, 0.05) is 31.4 Å². The molecule has 1 aliphatic carbocycles. The molecule has 2 fully saturated rings. The molecule has 0 aromatic carbocycles. The highest BCUT2D eigenvalue weighted by molar-refractivity contribution is 6.30. The van der Waals surface area contributed by atoms with Crippen molar-refractivity contribution in [2.75, 3.05) is 19.7 Å². The second kappa shape index (κ2) is 8.24. The van der Waals surface area contributed by atoms with E-state index in [1.54, 1.807) is 19.2 Å². The van der Waals surface area contributed by atoms with Crippen LogP contribution in [0.25, 0.3) is 0 Å². The van der Waals surface area contributed by atoms with Crippen LogP contribution in [0.15, 0.2) is 18.3 Å². The van der Waals surface area contributed by atoms with Gasteiger partial charge in [0.1, 0.15) is 0 Å². The molecule has 1 saturated heterocycles. The van der Waals surface area contributed by atoms with Gasteiger partial charge in [0.2, 0.25) is 0 Å². The lowest BCUT2D eigenvalue weighted by Crippen LogP contribution is -2.43. The molecule has 1 atom stereocenters. The van der Waals surface area contributed by atoms with Gasteiger partial charge in [0.25, 0.3) is 0 Å². The largest absolute Gasteiger partial charge is 0.450 e. The highest BCUT2D eigenvalue weighted by Gasteiger charge is 2.41. The maximum atomic E-state index is 11.6. The van der Waals surface area contributed by atoms with Gasteiger partial charge < -0.3 is 10.1 Å². The summed E-state index contributed by atoms with van der Waals surface area (Å²) >= 11 is 5.93. The summed E-state index contributed by atoms with van der Waals surface area (Å²) in [5.74, 6) is 0. The average molecular weight is 377 g/mol. The van der Waals surface area contributed by atoms with Crippen LogP contribution in [0.4, 0.5) is 4.79 Å². The number of nitrogens with zero attached hydrogens (tertiary/aromatic N) is 3. The minimum Gasteiger partial charge on any atom is -0.450 e. The van der Waals surface area contributed by atoms with Gasteiger partial charge in [0.05, 0.1) is 28.8 Å². The Bertz CT molecular complexity index is 665. The Morgan fingerprint density at radius 1 is 1.46 bits per heavy atom. The fourth-order valence-corrected chi connectivity index (χ4v) is 4.23. The number of amides is 1. The molecule has 6 nitrogen and oxygen atoms in total. The Balaban J connectivity index is 1.56. The Morgan fingerprint density at radius 3 is 2.85 bits per heavy atom. The summed E-state index contributed by atoms with van der Waals surface area (Å²) in [4.78, 5) is 18.4. The molecule has 3 rings (SSSR count). The van der Waals surface area contributed by atoms with Crippen molar-refractivity contribution in [2.24, 2.45) is 0 Å². The van der Waals surface area contributed by atoms with Crippen molar-refractivity contribution < 1.29 is 9.53 Å². The first-order chi connectivity index (χ1) is 12.6. The predicted molar refractivity (Wildman–Crippen MR) is 98.9 cm³/mol. The summed E-state index contributed by atoms with van der Waals surface area (Å²) in [5.41, 5.74) is 0.315. The molecule has 1 amide bonds. The maximum Gasteiger partial charge on any atom is 0.407 e. The van der Waals surface area contributed by atoms with Crippen LogP contribution in [0.2, 0.25) is 5.02 Å². The van der Waals surface area contributed by atoms with Crippen molar-refractivity contribution in [1.29, 1.82) is 5.26 Å². The van der Waals surface area contributed by atoms with E-state index < -0.39 is 5.41 Å². The molecule has 1 N–H and O–H groups in total. The van der Waals surface area contributed by atoms with Crippen LogP contribution in [0.5, 0.6) is 0 Å². The molecule has 1 aromatic rings. The van der Waals surface area contributed by atoms with Crippen LogP contribution < -0.4 is 5.32 Å². The molecule has 1 saturated carbocycles. The van der Waals surface area contributed by atoms with Crippen molar-refractivity contribution >= 4 is 17.7 Å². The summed E-state index contributed by atoms with van der Waals surface area (Å²) in [6.45, 7) is 4.02. The summed E-state index contributed by atoms with van der Waals surface area (Å²) in [7, 11) is 0. The number of likely N-dealkylation sites (tertiary alicyclic amines) is 1. The molecule has 0 unspecified atom stereocenters. The number of pyridine rings is 1. The first-order valence-corrected chi connectivity index (χ1v) is 9.65. The zero-order valence-electron chi connectivity index (χ0n) is 15.1. The lowest BCUT2D eigenvalue weighted by atomic mass is 9.71. The van der Waals surface area contributed by atoms with Gasteiger partial charge >= 0.3 is 6.09 Å². The predicted octanol–water partition coefficient (Wildman–Crippen LogP) is 3.26. The number of rotatable bonds is 4. The van der Waals surface area contributed by atoms with Gasteiger partial charge in [-0.25, -0.2) is 4.79 Å². The van der Waals surface area contributed by atoms with Gasteiger partial charge in [-0.05, 0) is 51.2 Å². The third-order valence-corrected chi connectivity index (χ3v) is 5.80. The van der Waals surface area contributed by atoms with E-state index in [1.807, 2.05) is 6.07 Å². The van der Waals surface area contributed by atoms with E-state index in [4.69, 9.17) is 16.3 Å². The number of aromatic nitrogens is 1. The number of halogens is 1. The number of ether oxygens (including phenoxy) is 1. The maximum absolute atomic E-state index is 11.6. The Labute approximate surface area is 159 Å². The standard InChI is InChI=1S/C19H25ClN4O2/c1-2-26-18(25)23-15-7-10-24(12-15)16-5-8-19(13-21,9-6-16)17-4-3-14(20)11-22-17/h3-4,11,15-16H,2,5-10,12H2,1H3,(H,23,25)/t15-,16?,19?/m0/s1. The number of hydrogen-bond acceptors (Lipinski definition) is 5. The molecule has 1 aliphatic heterocycles. The number of hydrogen-bond donors (Lipinski definition) is 1. The van der Waals surface area contributed by atoms with Gasteiger partial charge in [-0.1, -0.05) is 11.6 Å². The van der Waals surface area contributed by atoms with Crippen molar-refractivity contribution in [3.8, 4) is 6.07 Å². The molecule has 26 heavy (non-hydrogen) atoms. The Kier molecular flexibility index (Phi) is 6.00. The normalized spacial score (nSPS) is 29.1. The van der Waals surface area contributed by atoms with Gasteiger partial charge in [0.15, 0.2) is 0 Å². The highest BCUT2D eigenvalue weighted by Crippen LogP contribution is 2.40. The molecule has 140 valence electrons. The fraction of sp³-hybridized carbons (Fsp3) is 0.632. The van der Waals surface area contributed by atoms with Crippen LogP contribution >= 0.6 is 11.6 Å². The van der Waals surface area contributed by atoms with E-state index in [2.05, 4.69) is 21.3 Å². The molecular formula is C19H25ClN4O2. The smallest absolute Gasteiger partial charge is 0.407 e.